The molecular formula is C21H26FN2O4S+. The summed E-state index contributed by atoms with van der Waals surface area (Å²) in [5.41, 5.74) is 1.51. The van der Waals surface area contributed by atoms with Crippen LogP contribution in [0.25, 0.3) is 0 Å². The van der Waals surface area contributed by atoms with Crippen molar-refractivity contribution >= 4 is 10.0 Å². The third-order valence-corrected chi connectivity index (χ3v) is 7.04. The van der Waals surface area contributed by atoms with E-state index in [0.29, 0.717) is 44.9 Å². The summed E-state index contributed by atoms with van der Waals surface area (Å²) in [5, 5.41) is 10.6. The number of phenols is 1. The average molecular weight is 422 g/mol. The zero-order valence-electron chi connectivity index (χ0n) is 16.4. The first-order chi connectivity index (χ1) is 13.8. The van der Waals surface area contributed by atoms with Gasteiger partial charge in [0.25, 0.3) is 0 Å². The molecule has 0 unspecified atom stereocenters. The standard InChI is InChI=1S/C21H25FN2O4S/c1-3-5-16-12-19(28-2)13-17(21(16)25)15-23-8-10-24(11-9-23)29(26,27)20-7-4-6-18(22)14-20/h3-4,6-7,12-14,25H,1,5,8-11,15H2,2H3/p+1. The molecule has 1 aliphatic rings. The number of quaternary nitrogens is 1. The molecule has 8 heteroatoms. The number of hydrogen-bond donors (Lipinski definition) is 2. The van der Waals surface area contributed by atoms with E-state index >= 15 is 0 Å². The van der Waals surface area contributed by atoms with Crippen molar-refractivity contribution in [3.05, 3.63) is 66.0 Å². The molecule has 0 atom stereocenters. The predicted octanol–water partition coefficient (Wildman–Crippen LogP) is 1.36. The topological polar surface area (TPSA) is 71.3 Å². The lowest BCUT2D eigenvalue weighted by molar-refractivity contribution is -0.917. The number of rotatable bonds is 7. The van der Waals surface area contributed by atoms with E-state index in [1.54, 1.807) is 19.3 Å². The maximum Gasteiger partial charge on any atom is 0.243 e. The number of benzene rings is 2. The molecule has 1 saturated heterocycles. The highest BCUT2D eigenvalue weighted by molar-refractivity contribution is 7.89. The van der Waals surface area contributed by atoms with Gasteiger partial charge >= 0.3 is 0 Å². The Hall–Kier alpha value is -2.42. The first-order valence-corrected chi connectivity index (χ1v) is 10.9. The highest BCUT2D eigenvalue weighted by Crippen LogP contribution is 2.28. The van der Waals surface area contributed by atoms with Gasteiger partial charge in [-0.3, -0.25) is 0 Å². The zero-order chi connectivity index (χ0) is 21.0. The van der Waals surface area contributed by atoms with Crippen LogP contribution in [-0.2, 0) is 23.0 Å². The summed E-state index contributed by atoms with van der Waals surface area (Å²) >= 11 is 0. The number of methoxy groups -OCH3 is 1. The van der Waals surface area contributed by atoms with Crippen LogP contribution in [0.2, 0.25) is 0 Å². The van der Waals surface area contributed by atoms with Crippen LogP contribution in [0, 0.1) is 5.82 Å². The number of phenolic OH excluding ortho intramolecular Hbond substituents is 1. The van der Waals surface area contributed by atoms with Crippen LogP contribution < -0.4 is 9.64 Å². The first kappa shape index (κ1) is 21.3. The number of aromatic hydroxyl groups is 1. The summed E-state index contributed by atoms with van der Waals surface area (Å²) in [5.74, 6) is 0.327. The molecule has 2 aromatic rings. The molecule has 0 aromatic heterocycles. The Morgan fingerprint density at radius 3 is 2.55 bits per heavy atom. The van der Waals surface area contributed by atoms with Crippen LogP contribution in [0.1, 0.15) is 11.1 Å². The van der Waals surface area contributed by atoms with Crippen LogP contribution in [0.4, 0.5) is 4.39 Å². The molecule has 0 bridgehead atoms. The molecule has 156 valence electrons. The molecule has 1 aliphatic heterocycles. The fourth-order valence-corrected chi connectivity index (χ4v) is 5.03. The van der Waals surface area contributed by atoms with E-state index in [9.17, 15) is 17.9 Å². The molecule has 0 saturated carbocycles. The van der Waals surface area contributed by atoms with Crippen molar-refractivity contribution < 1.29 is 27.6 Å². The van der Waals surface area contributed by atoms with E-state index in [0.717, 1.165) is 22.1 Å². The second-order valence-corrected chi connectivity index (χ2v) is 9.01. The Morgan fingerprint density at radius 1 is 1.24 bits per heavy atom. The highest BCUT2D eigenvalue weighted by atomic mass is 32.2. The first-order valence-electron chi connectivity index (χ1n) is 9.44. The minimum absolute atomic E-state index is 0.0274. The molecule has 0 spiro atoms. The lowest BCUT2D eigenvalue weighted by Crippen LogP contribution is -3.13. The third kappa shape index (κ3) is 4.77. The highest BCUT2D eigenvalue weighted by Gasteiger charge is 2.31. The van der Waals surface area contributed by atoms with Crippen molar-refractivity contribution in [1.29, 1.82) is 0 Å². The fourth-order valence-electron chi connectivity index (χ4n) is 3.56. The maximum absolute atomic E-state index is 13.4. The lowest BCUT2D eigenvalue weighted by Gasteiger charge is -2.31. The fraction of sp³-hybridized carbons (Fsp3) is 0.333. The third-order valence-electron chi connectivity index (χ3n) is 5.15. The predicted molar refractivity (Wildman–Crippen MR) is 108 cm³/mol. The van der Waals surface area contributed by atoms with Crippen LogP contribution in [0.5, 0.6) is 11.5 Å². The average Bonchev–Trinajstić information content (AvgIpc) is 2.71. The molecular weight excluding hydrogens is 395 g/mol. The minimum Gasteiger partial charge on any atom is -0.507 e. The molecule has 2 N–H and O–H groups in total. The van der Waals surface area contributed by atoms with E-state index in [4.69, 9.17) is 4.74 Å². The summed E-state index contributed by atoms with van der Waals surface area (Å²) in [7, 11) is -2.13. The summed E-state index contributed by atoms with van der Waals surface area (Å²) in [6.45, 7) is 6.11. The van der Waals surface area contributed by atoms with Crippen molar-refractivity contribution in [3.8, 4) is 11.5 Å². The van der Waals surface area contributed by atoms with Crippen molar-refractivity contribution in [2.45, 2.75) is 17.9 Å². The number of halogens is 1. The Morgan fingerprint density at radius 2 is 1.93 bits per heavy atom. The zero-order valence-corrected chi connectivity index (χ0v) is 17.2. The Bertz CT molecular complexity index is 986. The molecule has 0 radical (unpaired) electrons. The summed E-state index contributed by atoms with van der Waals surface area (Å²) in [4.78, 5) is 1.13. The number of piperazine rings is 1. The van der Waals surface area contributed by atoms with Gasteiger partial charge in [0.05, 0.1) is 43.7 Å². The molecule has 29 heavy (non-hydrogen) atoms. The van der Waals surface area contributed by atoms with Gasteiger partial charge in [0.1, 0.15) is 23.9 Å². The van der Waals surface area contributed by atoms with E-state index < -0.39 is 15.8 Å². The molecule has 2 aromatic carbocycles. The summed E-state index contributed by atoms with van der Waals surface area (Å²) in [6, 6.07) is 8.68. The Balaban J connectivity index is 1.70. The largest absolute Gasteiger partial charge is 0.507 e. The molecule has 6 nitrogen and oxygen atoms in total. The van der Waals surface area contributed by atoms with Crippen molar-refractivity contribution in [2.75, 3.05) is 33.3 Å². The number of nitrogens with one attached hydrogen (secondary N) is 1. The van der Waals surface area contributed by atoms with Crippen LogP contribution >= 0.6 is 0 Å². The molecule has 1 fully saturated rings. The Kier molecular flexibility index (Phi) is 6.56. The molecule has 1 heterocycles. The SMILES string of the molecule is C=CCc1cc(OC)cc(C[NH+]2CCN(S(=O)(=O)c3cccc(F)c3)CC2)c1O. The van der Waals surface area contributed by atoms with Gasteiger partial charge in [0.15, 0.2) is 0 Å². The lowest BCUT2D eigenvalue weighted by atomic mass is 10.0. The molecule has 3 rings (SSSR count). The number of sulfonamides is 1. The quantitative estimate of drug-likeness (QED) is 0.663. The van der Waals surface area contributed by atoms with Crippen LogP contribution in [0.15, 0.2) is 53.9 Å². The van der Waals surface area contributed by atoms with Crippen LogP contribution in [0.3, 0.4) is 0 Å². The summed E-state index contributed by atoms with van der Waals surface area (Å²) in [6.07, 6.45) is 2.26. The van der Waals surface area contributed by atoms with Crippen molar-refractivity contribution in [3.63, 3.8) is 0 Å². The minimum atomic E-state index is -3.71. The van der Waals surface area contributed by atoms with E-state index in [1.807, 2.05) is 6.07 Å². The van der Waals surface area contributed by atoms with Gasteiger partial charge < -0.3 is 14.7 Å². The number of hydrogen-bond acceptors (Lipinski definition) is 4. The number of allylic oxidation sites excluding steroid dienone is 1. The van der Waals surface area contributed by atoms with Gasteiger partial charge in [0, 0.05) is 5.56 Å². The van der Waals surface area contributed by atoms with E-state index in [2.05, 4.69) is 6.58 Å². The van der Waals surface area contributed by atoms with Crippen LogP contribution in [-0.4, -0.2) is 51.1 Å². The normalized spacial score (nSPS) is 15.9. The monoisotopic (exact) mass is 421 g/mol. The molecule has 0 aliphatic carbocycles. The van der Waals surface area contributed by atoms with Gasteiger partial charge in [-0.15, -0.1) is 6.58 Å². The van der Waals surface area contributed by atoms with Gasteiger partial charge in [0.2, 0.25) is 10.0 Å². The van der Waals surface area contributed by atoms with Gasteiger partial charge in [-0.25, -0.2) is 12.8 Å². The number of ether oxygens (including phenoxy) is 1. The van der Waals surface area contributed by atoms with E-state index in [-0.39, 0.29) is 10.6 Å². The number of nitrogens with zero attached hydrogens (tertiary/aromatic N) is 1. The van der Waals surface area contributed by atoms with Crippen molar-refractivity contribution in [1.82, 2.24) is 4.31 Å². The van der Waals surface area contributed by atoms with Crippen molar-refractivity contribution in [2.24, 2.45) is 0 Å². The Labute approximate surface area is 170 Å². The second kappa shape index (κ2) is 8.94. The summed E-state index contributed by atoms with van der Waals surface area (Å²) < 4.78 is 45.6. The van der Waals surface area contributed by atoms with Gasteiger partial charge in [-0.05, 0) is 36.8 Å². The smallest absolute Gasteiger partial charge is 0.243 e. The van der Waals surface area contributed by atoms with E-state index in [1.165, 1.54) is 22.5 Å². The maximum atomic E-state index is 13.4. The van der Waals surface area contributed by atoms with Gasteiger partial charge in [-0.2, -0.15) is 4.31 Å². The second-order valence-electron chi connectivity index (χ2n) is 7.08. The van der Waals surface area contributed by atoms with Gasteiger partial charge in [-0.1, -0.05) is 12.1 Å². The molecule has 0 amide bonds.